The lowest BCUT2D eigenvalue weighted by Crippen LogP contribution is -2.42. The summed E-state index contributed by atoms with van der Waals surface area (Å²) >= 11 is 4.66. The highest BCUT2D eigenvalue weighted by molar-refractivity contribution is 8.00. The number of carbonyl (C=O) groups is 3. The van der Waals surface area contributed by atoms with Gasteiger partial charge >= 0.3 is 10.8 Å². The van der Waals surface area contributed by atoms with E-state index < -0.39 is 0 Å². The zero-order chi connectivity index (χ0) is 22.1. The third-order valence-corrected chi connectivity index (χ3v) is 11.1. The molecule has 4 aliphatic rings. The minimum absolute atomic E-state index is 0.0397. The molecule has 32 heavy (non-hydrogen) atoms. The average molecular weight is 491 g/mol. The summed E-state index contributed by atoms with van der Waals surface area (Å²) in [6.45, 7) is 2.12. The van der Waals surface area contributed by atoms with E-state index in [9.17, 15) is 19.2 Å². The first-order chi connectivity index (χ1) is 15.5. The van der Waals surface area contributed by atoms with Crippen LogP contribution in [0.3, 0.4) is 0 Å². The second-order valence-electron chi connectivity index (χ2n) is 8.86. The topological polar surface area (TPSA) is 96.5 Å². The van der Waals surface area contributed by atoms with Crippen LogP contribution in [0.2, 0.25) is 0 Å². The van der Waals surface area contributed by atoms with Gasteiger partial charge in [0.1, 0.15) is 0 Å². The molecule has 6 rings (SSSR count). The smallest absolute Gasteiger partial charge is 0.307 e. The fraction of sp³-hybridized carbons (Fsp3) is 0.545. The molecule has 3 fully saturated rings. The molecule has 0 radical (unpaired) electrons. The predicted octanol–water partition coefficient (Wildman–Crippen LogP) is 2.92. The normalized spacial score (nSPS) is 34.5. The molecule has 1 saturated heterocycles. The Hall–Kier alpha value is -1.91. The fourth-order valence-electron chi connectivity index (χ4n) is 6.52. The Morgan fingerprint density at radius 2 is 2.00 bits per heavy atom. The van der Waals surface area contributed by atoms with Gasteiger partial charge in [-0.2, -0.15) is 0 Å². The molecule has 0 spiro atoms. The first kappa shape index (κ1) is 20.7. The van der Waals surface area contributed by atoms with E-state index in [0.717, 1.165) is 16.3 Å². The summed E-state index contributed by atoms with van der Waals surface area (Å²) < 4.78 is 4.97. The van der Waals surface area contributed by atoms with E-state index in [1.807, 2.05) is 6.07 Å². The quantitative estimate of drug-likeness (QED) is 0.511. The lowest BCUT2D eigenvalue weighted by Gasteiger charge is -2.42. The number of ether oxygens (including phenoxy) is 1. The number of esters is 1. The van der Waals surface area contributed by atoms with Gasteiger partial charge in [0.15, 0.2) is 0 Å². The fourth-order valence-corrected chi connectivity index (χ4v) is 10.4. The van der Waals surface area contributed by atoms with Crippen LogP contribution >= 0.6 is 34.4 Å². The monoisotopic (exact) mass is 490 g/mol. The summed E-state index contributed by atoms with van der Waals surface area (Å²) in [5.41, 5.74) is 0. The van der Waals surface area contributed by atoms with Gasteiger partial charge < -0.3 is 9.72 Å². The highest BCUT2D eigenvalue weighted by atomic mass is 32.2. The Balaban J connectivity index is 1.33. The highest BCUT2D eigenvalue weighted by Crippen LogP contribution is 2.68. The summed E-state index contributed by atoms with van der Waals surface area (Å²) in [5.74, 6) is -0.712. The number of aromatic nitrogens is 1. The zero-order valence-corrected chi connectivity index (χ0v) is 19.8. The standard InChI is InChI=1S/C22H22N2O5S3/c1-2-29-12(25)5-6-24-20(26)14-9-8-10(15(14)21(24)27)17-13(9)16(11-4-3-7-30-11)18-19(31-17)23-22(28)32-18/h3-4,7,9-10,13-17H,2,5-6,8H2,1H3,(H,23,28)/t9-,10-,13-,14+,15-,16+,17-/m1/s1. The molecule has 2 amide bonds. The number of carbonyl (C=O) groups excluding carboxylic acids is 3. The molecule has 4 heterocycles. The number of aromatic amines is 1. The van der Waals surface area contributed by atoms with Crippen molar-refractivity contribution < 1.29 is 19.1 Å². The average Bonchev–Trinajstić information content (AvgIpc) is 3.55. The first-order valence-corrected chi connectivity index (χ1v) is 13.5. The number of thiazole rings is 1. The molecule has 0 aromatic carbocycles. The molecule has 2 saturated carbocycles. The van der Waals surface area contributed by atoms with Crippen LogP contribution < -0.4 is 4.87 Å². The Morgan fingerprint density at radius 1 is 1.22 bits per heavy atom. The second-order valence-corrected chi connectivity index (χ2v) is 12.0. The molecule has 2 aliphatic carbocycles. The summed E-state index contributed by atoms with van der Waals surface area (Å²) in [6.07, 6.45) is 0.917. The molecule has 2 aliphatic heterocycles. The van der Waals surface area contributed by atoms with Gasteiger partial charge in [-0.3, -0.25) is 24.1 Å². The molecule has 7 atom stereocenters. The van der Waals surface area contributed by atoms with Crippen molar-refractivity contribution in [1.82, 2.24) is 9.88 Å². The van der Waals surface area contributed by atoms with Crippen molar-refractivity contribution in [1.29, 1.82) is 0 Å². The predicted molar refractivity (Wildman–Crippen MR) is 121 cm³/mol. The third-order valence-electron chi connectivity index (χ3n) is 7.51. The lowest BCUT2D eigenvalue weighted by atomic mass is 9.69. The van der Waals surface area contributed by atoms with Crippen molar-refractivity contribution in [2.75, 3.05) is 13.2 Å². The molecule has 168 valence electrons. The van der Waals surface area contributed by atoms with Gasteiger partial charge in [0, 0.05) is 27.5 Å². The van der Waals surface area contributed by atoms with Crippen LogP contribution in [-0.4, -0.2) is 46.1 Å². The number of fused-ring (bicyclic) bond motifs is 9. The van der Waals surface area contributed by atoms with Crippen molar-refractivity contribution >= 4 is 52.2 Å². The lowest BCUT2D eigenvalue weighted by molar-refractivity contribution is -0.145. The Bertz CT molecular complexity index is 1150. The maximum atomic E-state index is 13.4. The van der Waals surface area contributed by atoms with Crippen molar-refractivity contribution in [2.45, 2.75) is 36.0 Å². The van der Waals surface area contributed by atoms with E-state index >= 15 is 0 Å². The van der Waals surface area contributed by atoms with Gasteiger partial charge in [-0.1, -0.05) is 17.4 Å². The molecule has 7 nitrogen and oxygen atoms in total. The molecule has 10 heteroatoms. The molecular formula is C22H22N2O5S3. The van der Waals surface area contributed by atoms with Crippen LogP contribution in [0.4, 0.5) is 0 Å². The number of thioether (sulfide) groups is 1. The minimum Gasteiger partial charge on any atom is -0.466 e. The van der Waals surface area contributed by atoms with E-state index in [1.54, 1.807) is 30.0 Å². The van der Waals surface area contributed by atoms with E-state index in [4.69, 9.17) is 4.74 Å². The Kier molecular flexibility index (Phi) is 4.89. The SMILES string of the molecule is CCOC(=O)CCN1C(=O)[C@@H]2[C@H]3C[C@@H]([C@@H]2C1=O)[C@@H]1[C@H](c2cccs2)c2sc(=O)[nH]c2S[C@H]31. The maximum Gasteiger partial charge on any atom is 0.307 e. The zero-order valence-electron chi connectivity index (χ0n) is 17.3. The Labute approximate surface area is 196 Å². The molecule has 2 aromatic heterocycles. The van der Waals surface area contributed by atoms with Gasteiger partial charge in [-0.05, 0) is 42.5 Å². The van der Waals surface area contributed by atoms with Gasteiger partial charge in [0.2, 0.25) is 11.8 Å². The summed E-state index contributed by atoms with van der Waals surface area (Å²) in [7, 11) is 0. The summed E-state index contributed by atoms with van der Waals surface area (Å²) in [4.78, 5) is 57.2. The summed E-state index contributed by atoms with van der Waals surface area (Å²) in [5, 5.41) is 3.19. The highest BCUT2D eigenvalue weighted by Gasteiger charge is 2.69. The number of nitrogens with one attached hydrogen (secondary N) is 1. The molecule has 1 N–H and O–H groups in total. The maximum absolute atomic E-state index is 13.4. The van der Waals surface area contributed by atoms with Gasteiger partial charge in [0.25, 0.3) is 0 Å². The van der Waals surface area contributed by atoms with Gasteiger partial charge in [0.05, 0.1) is 29.9 Å². The molecule has 2 bridgehead atoms. The van der Waals surface area contributed by atoms with Crippen LogP contribution in [0.5, 0.6) is 0 Å². The van der Waals surface area contributed by atoms with Gasteiger partial charge in [-0.25, -0.2) is 0 Å². The third kappa shape index (κ3) is 2.85. The van der Waals surface area contributed by atoms with Crippen molar-refractivity contribution in [3.63, 3.8) is 0 Å². The number of imide groups is 1. The number of nitrogens with zero attached hydrogens (tertiary/aromatic N) is 1. The number of hydrogen-bond donors (Lipinski definition) is 1. The van der Waals surface area contributed by atoms with E-state index in [1.165, 1.54) is 21.1 Å². The molecule has 0 unspecified atom stereocenters. The van der Waals surface area contributed by atoms with E-state index in [0.29, 0.717) is 0 Å². The van der Waals surface area contributed by atoms with Crippen LogP contribution in [-0.2, 0) is 19.1 Å². The van der Waals surface area contributed by atoms with Crippen LogP contribution in [0.15, 0.2) is 27.3 Å². The minimum atomic E-state index is -0.386. The first-order valence-electron chi connectivity index (χ1n) is 10.9. The van der Waals surface area contributed by atoms with Gasteiger partial charge in [-0.15, -0.1) is 23.1 Å². The van der Waals surface area contributed by atoms with E-state index in [2.05, 4.69) is 16.4 Å². The van der Waals surface area contributed by atoms with Crippen LogP contribution in [0, 0.1) is 29.6 Å². The van der Waals surface area contributed by atoms with Crippen molar-refractivity contribution in [2.24, 2.45) is 29.6 Å². The molecule has 2 aromatic rings. The van der Waals surface area contributed by atoms with E-state index in [-0.39, 0.29) is 83.0 Å². The van der Waals surface area contributed by atoms with Crippen molar-refractivity contribution in [3.05, 3.63) is 36.9 Å². The Morgan fingerprint density at radius 3 is 2.72 bits per heavy atom. The number of likely N-dealkylation sites (tertiary alicyclic amines) is 1. The second kappa shape index (κ2) is 7.56. The van der Waals surface area contributed by atoms with Crippen LogP contribution in [0.25, 0.3) is 0 Å². The number of H-pyrrole nitrogens is 1. The largest absolute Gasteiger partial charge is 0.466 e. The molecular weight excluding hydrogens is 468 g/mol. The summed E-state index contributed by atoms with van der Waals surface area (Å²) in [6, 6.07) is 4.15. The number of amides is 2. The van der Waals surface area contributed by atoms with Crippen LogP contribution in [0.1, 0.15) is 35.4 Å². The number of hydrogen-bond acceptors (Lipinski definition) is 8. The number of rotatable bonds is 5. The number of thiophene rings is 1. The van der Waals surface area contributed by atoms with Crippen molar-refractivity contribution in [3.8, 4) is 0 Å².